The van der Waals surface area contributed by atoms with E-state index in [1.165, 1.54) is 12.1 Å². The molecule has 2 nitrogen and oxygen atoms in total. The lowest BCUT2D eigenvalue weighted by atomic mass is 9.84. The van der Waals surface area contributed by atoms with Crippen LogP contribution in [0.3, 0.4) is 0 Å². The topological polar surface area (TPSA) is 26.3 Å². The Morgan fingerprint density at radius 3 is 2.82 bits per heavy atom. The van der Waals surface area contributed by atoms with Gasteiger partial charge in [0.25, 0.3) is 0 Å². The fourth-order valence-electron chi connectivity index (χ4n) is 1.59. The molecule has 1 unspecified atom stereocenters. The van der Waals surface area contributed by atoms with Crippen LogP contribution in [0.2, 0.25) is 0 Å². The molecule has 0 N–H and O–H groups in total. The van der Waals surface area contributed by atoms with Crippen LogP contribution in [-0.4, -0.2) is 12.6 Å². The van der Waals surface area contributed by atoms with Gasteiger partial charge in [-0.3, -0.25) is 4.79 Å². The van der Waals surface area contributed by atoms with Crippen molar-refractivity contribution in [2.24, 2.45) is 5.41 Å². The van der Waals surface area contributed by atoms with E-state index in [0.29, 0.717) is 13.0 Å². The van der Waals surface area contributed by atoms with E-state index in [9.17, 15) is 9.18 Å². The number of hydrogen-bond acceptors (Lipinski definition) is 2. The third-order valence-corrected chi connectivity index (χ3v) is 2.65. The Bertz CT molecular complexity index is 414. The van der Waals surface area contributed by atoms with Crippen LogP contribution in [0.15, 0.2) is 36.9 Å². The summed E-state index contributed by atoms with van der Waals surface area (Å²) in [6.07, 6.45) is 1.93. The second kappa shape index (κ2) is 5.62. The Kier molecular flexibility index (Phi) is 4.44. The molecular formula is C14H17FO2. The van der Waals surface area contributed by atoms with Crippen molar-refractivity contribution in [3.05, 3.63) is 48.3 Å². The van der Waals surface area contributed by atoms with E-state index in [-0.39, 0.29) is 11.8 Å². The molecule has 0 aromatic heterocycles. The molecule has 0 spiro atoms. The number of esters is 1. The molecule has 0 aliphatic rings. The third-order valence-electron chi connectivity index (χ3n) is 2.65. The first-order valence-corrected chi connectivity index (χ1v) is 5.57. The minimum absolute atomic E-state index is 0.308. The first kappa shape index (κ1) is 13.4. The SMILES string of the molecule is C=CC(C)(Cc1cccc(F)c1)C(=O)OCC. The molecule has 92 valence electrons. The Balaban J connectivity index is 2.89. The van der Waals surface area contributed by atoms with Gasteiger partial charge in [0.1, 0.15) is 5.82 Å². The quantitative estimate of drug-likeness (QED) is 0.580. The van der Waals surface area contributed by atoms with Crippen molar-refractivity contribution in [1.82, 2.24) is 0 Å². The number of halogens is 1. The van der Waals surface area contributed by atoms with E-state index in [4.69, 9.17) is 4.74 Å². The second-order valence-electron chi connectivity index (χ2n) is 4.15. The predicted molar refractivity (Wildman–Crippen MR) is 65.0 cm³/mol. The van der Waals surface area contributed by atoms with E-state index < -0.39 is 5.41 Å². The summed E-state index contributed by atoms with van der Waals surface area (Å²) in [6.45, 7) is 7.48. The summed E-state index contributed by atoms with van der Waals surface area (Å²) >= 11 is 0. The Labute approximate surface area is 101 Å². The third kappa shape index (κ3) is 3.41. The molecule has 0 aliphatic heterocycles. The van der Waals surface area contributed by atoms with E-state index in [1.807, 2.05) is 0 Å². The largest absolute Gasteiger partial charge is 0.465 e. The maximum absolute atomic E-state index is 13.1. The molecule has 1 rings (SSSR count). The second-order valence-corrected chi connectivity index (χ2v) is 4.15. The highest BCUT2D eigenvalue weighted by Crippen LogP contribution is 2.26. The number of carbonyl (C=O) groups is 1. The summed E-state index contributed by atoms with van der Waals surface area (Å²) in [5.74, 6) is -0.642. The van der Waals surface area contributed by atoms with Gasteiger partial charge in [-0.2, -0.15) is 0 Å². The lowest BCUT2D eigenvalue weighted by Gasteiger charge is -2.23. The standard InChI is InChI=1S/C14H17FO2/c1-4-14(3,13(16)17-5-2)10-11-7-6-8-12(15)9-11/h4,6-9H,1,5,10H2,2-3H3. The summed E-state index contributed by atoms with van der Waals surface area (Å²) in [5, 5.41) is 0. The van der Waals surface area contributed by atoms with Gasteiger partial charge in [0.05, 0.1) is 12.0 Å². The molecule has 0 radical (unpaired) electrons. The molecule has 0 fully saturated rings. The number of ether oxygens (including phenoxy) is 1. The van der Waals surface area contributed by atoms with Gasteiger partial charge >= 0.3 is 5.97 Å². The molecule has 17 heavy (non-hydrogen) atoms. The van der Waals surface area contributed by atoms with Crippen molar-refractivity contribution in [1.29, 1.82) is 0 Å². The fourth-order valence-corrected chi connectivity index (χ4v) is 1.59. The molecule has 1 aromatic rings. The maximum atomic E-state index is 13.1. The molecule has 0 aliphatic carbocycles. The molecule has 1 aromatic carbocycles. The molecule has 0 amide bonds. The van der Waals surface area contributed by atoms with Crippen molar-refractivity contribution in [3.8, 4) is 0 Å². The van der Waals surface area contributed by atoms with Crippen molar-refractivity contribution < 1.29 is 13.9 Å². The Morgan fingerprint density at radius 1 is 1.59 bits per heavy atom. The van der Waals surface area contributed by atoms with E-state index in [2.05, 4.69) is 6.58 Å². The smallest absolute Gasteiger partial charge is 0.315 e. The summed E-state index contributed by atoms with van der Waals surface area (Å²) in [5.41, 5.74) is -0.0653. The Hall–Kier alpha value is -1.64. The average molecular weight is 236 g/mol. The summed E-state index contributed by atoms with van der Waals surface area (Å²) in [4.78, 5) is 11.8. The normalized spacial score (nSPS) is 13.8. The van der Waals surface area contributed by atoms with E-state index in [0.717, 1.165) is 5.56 Å². The predicted octanol–water partition coefficient (Wildman–Crippen LogP) is 3.12. The van der Waals surface area contributed by atoms with Gasteiger partial charge in [0.2, 0.25) is 0 Å². The van der Waals surface area contributed by atoms with Gasteiger partial charge < -0.3 is 4.74 Å². The van der Waals surface area contributed by atoms with Crippen LogP contribution in [0.5, 0.6) is 0 Å². The number of carbonyl (C=O) groups excluding carboxylic acids is 1. The zero-order valence-electron chi connectivity index (χ0n) is 10.2. The highest BCUT2D eigenvalue weighted by atomic mass is 19.1. The van der Waals surface area contributed by atoms with Crippen LogP contribution in [0.25, 0.3) is 0 Å². The van der Waals surface area contributed by atoms with Crippen LogP contribution in [-0.2, 0) is 16.0 Å². The first-order chi connectivity index (χ1) is 8.01. The summed E-state index contributed by atoms with van der Waals surface area (Å²) < 4.78 is 18.0. The maximum Gasteiger partial charge on any atom is 0.315 e. The van der Waals surface area contributed by atoms with Gasteiger partial charge in [-0.1, -0.05) is 18.2 Å². The fraction of sp³-hybridized carbons (Fsp3) is 0.357. The monoisotopic (exact) mass is 236 g/mol. The van der Waals surface area contributed by atoms with Crippen LogP contribution in [0.4, 0.5) is 4.39 Å². The van der Waals surface area contributed by atoms with Crippen molar-refractivity contribution >= 4 is 5.97 Å². The van der Waals surface area contributed by atoms with Gasteiger partial charge in [0, 0.05) is 0 Å². The van der Waals surface area contributed by atoms with Crippen LogP contribution >= 0.6 is 0 Å². The Morgan fingerprint density at radius 2 is 2.29 bits per heavy atom. The highest BCUT2D eigenvalue weighted by Gasteiger charge is 2.31. The number of rotatable bonds is 5. The van der Waals surface area contributed by atoms with Crippen molar-refractivity contribution in [2.75, 3.05) is 6.61 Å². The molecule has 1 atom stereocenters. The van der Waals surface area contributed by atoms with Gasteiger partial charge in [0.15, 0.2) is 0 Å². The summed E-state index contributed by atoms with van der Waals surface area (Å²) in [6, 6.07) is 6.20. The van der Waals surface area contributed by atoms with Gasteiger partial charge in [-0.05, 0) is 38.0 Å². The molecule has 0 bridgehead atoms. The molecule has 3 heteroatoms. The van der Waals surface area contributed by atoms with Crippen LogP contribution < -0.4 is 0 Å². The lowest BCUT2D eigenvalue weighted by molar-refractivity contribution is -0.151. The van der Waals surface area contributed by atoms with E-state index >= 15 is 0 Å². The highest BCUT2D eigenvalue weighted by molar-refractivity contribution is 5.79. The molecule has 0 heterocycles. The van der Waals surface area contributed by atoms with Crippen LogP contribution in [0, 0.1) is 11.2 Å². The lowest BCUT2D eigenvalue weighted by Crippen LogP contribution is -2.30. The molecular weight excluding hydrogens is 219 g/mol. The first-order valence-electron chi connectivity index (χ1n) is 5.57. The zero-order valence-corrected chi connectivity index (χ0v) is 10.2. The summed E-state index contributed by atoms with van der Waals surface area (Å²) in [7, 11) is 0. The van der Waals surface area contributed by atoms with Crippen molar-refractivity contribution in [3.63, 3.8) is 0 Å². The minimum Gasteiger partial charge on any atom is -0.465 e. The van der Waals surface area contributed by atoms with E-state index in [1.54, 1.807) is 32.1 Å². The van der Waals surface area contributed by atoms with Crippen LogP contribution in [0.1, 0.15) is 19.4 Å². The molecule has 0 saturated heterocycles. The van der Waals surface area contributed by atoms with Gasteiger partial charge in [-0.25, -0.2) is 4.39 Å². The zero-order chi connectivity index (χ0) is 12.9. The molecule has 0 saturated carbocycles. The number of benzene rings is 1. The van der Waals surface area contributed by atoms with Gasteiger partial charge in [-0.15, -0.1) is 6.58 Å². The number of hydrogen-bond donors (Lipinski definition) is 0. The minimum atomic E-state index is -0.816. The van der Waals surface area contributed by atoms with Crippen molar-refractivity contribution in [2.45, 2.75) is 20.3 Å². The average Bonchev–Trinajstić information content (AvgIpc) is 2.29.